The molecule has 1 aromatic carbocycles. The van der Waals surface area contributed by atoms with Crippen LogP contribution in [-0.4, -0.2) is 30.1 Å². The second kappa shape index (κ2) is 8.19. The van der Waals surface area contributed by atoms with Gasteiger partial charge in [-0.15, -0.1) is 0 Å². The monoisotopic (exact) mass is 426 g/mol. The van der Waals surface area contributed by atoms with Gasteiger partial charge in [0.25, 0.3) is 0 Å². The SMILES string of the molecule is CC(C)[C@H]1CC[C@@H](N2CCC(Nc3ccccc3I)CC2)CC1. The Morgan fingerprint density at radius 2 is 1.65 bits per heavy atom. The zero-order valence-electron chi connectivity index (χ0n) is 14.6. The second-order valence-electron chi connectivity index (χ2n) is 7.75. The van der Waals surface area contributed by atoms with Crippen molar-refractivity contribution in [1.82, 2.24) is 4.90 Å². The third kappa shape index (κ3) is 4.62. The van der Waals surface area contributed by atoms with Crippen molar-refractivity contribution >= 4 is 28.3 Å². The zero-order chi connectivity index (χ0) is 16.2. The lowest BCUT2D eigenvalue weighted by atomic mass is 9.79. The quantitative estimate of drug-likeness (QED) is 0.651. The molecule has 1 aliphatic carbocycles. The van der Waals surface area contributed by atoms with Crippen LogP contribution >= 0.6 is 22.6 Å². The summed E-state index contributed by atoms with van der Waals surface area (Å²) in [4.78, 5) is 2.78. The molecule has 2 aliphatic rings. The van der Waals surface area contributed by atoms with Crippen molar-refractivity contribution in [3.63, 3.8) is 0 Å². The molecular weight excluding hydrogens is 395 g/mol. The van der Waals surface area contributed by atoms with Gasteiger partial charge in [-0.2, -0.15) is 0 Å². The van der Waals surface area contributed by atoms with Gasteiger partial charge in [0, 0.05) is 34.4 Å². The number of benzene rings is 1. The standard InChI is InChI=1S/C20H31IN2/c1-15(2)16-7-9-18(10-8-16)23-13-11-17(12-14-23)22-20-6-4-3-5-19(20)21/h3-6,15-18,22H,7-14H2,1-2H3/t16-,18+. The first-order valence-corrected chi connectivity index (χ1v) is 10.5. The summed E-state index contributed by atoms with van der Waals surface area (Å²) in [6.45, 7) is 7.34. The lowest BCUT2D eigenvalue weighted by molar-refractivity contribution is 0.101. The molecule has 1 saturated carbocycles. The molecule has 2 fully saturated rings. The Morgan fingerprint density at radius 1 is 1.00 bits per heavy atom. The predicted octanol–water partition coefficient (Wildman–Crippen LogP) is 5.38. The number of rotatable bonds is 4. The summed E-state index contributed by atoms with van der Waals surface area (Å²) in [5, 5.41) is 3.76. The van der Waals surface area contributed by atoms with Gasteiger partial charge in [-0.1, -0.05) is 26.0 Å². The topological polar surface area (TPSA) is 15.3 Å². The van der Waals surface area contributed by atoms with Crippen LogP contribution in [0.1, 0.15) is 52.4 Å². The van der Waals surface area contributed by atoms with Crippen LogP contribution in [0.3, 0.4) is 0 Å². The largest absolute Gasteiger partial charge is 0.381 e. The highest BCUT2D eigenvalue weighted by Crippen LogP contribution is 2.33. The van der Waals surface area contributed by atoms with E-state index < -0.39 is 0 Å². The summed E-state index contributed by atoms with van der Waals surface area (Å²) in [5.41, 5.74) is 1.31. The Bertz CT molecular complexity index is 486. The maximum absolute atomic E-state index is 3.76. The zero-order valence-corrected chi connectivity index (χ0v) is 16.8. The Balaban J connectivity index is 1.45. The molecule has 128 valence electrons. The highest BCUT2D eigenvalue weighted by Gasteiger charge is 2.29. The molecule has 3 heteroatoms. The van der Waals surface area contributed by atoms with Crippen molar-refractivity contribution in [2.24, 2.45) is 11.8 Å². The first kappa shape index (κ1) is 17.5. The summed E-state index contributed by atoms with van der Waals surface area (Å²) < 4.78 is 1.33. The van der Waals surface area contributed by atoms with Crippen LogP contribution in [0.4, 0.5) is 5.69 Å². The molecule has 0 atom stereocenters. The molecule has 0 radical (unpaired) electrons. The molecule has 0 amide bonds. The molecule has 23 heavy (non-hydrogen) atoms. The summed E-state index contributed by atoms with van der Waals surface area (Å²) in [7, 11) is 0. The van der Waals surface area contributed by atoms with E-state index in [1.807, 2.05) is 0 Å². The maximum atomic E-state index is 3.76. The van der Waals surface area contributed by atoms with Crippen LogP contribution in [0.25, 0.3) is 0 Å². The number of para-hydroxylation sites is 1. The molecule has 0 bridgehead atoms. The minimum Gasteiger partial charge on any atom is -0.381 e. The third-order valence-corrected chi connectivity index (χ3v) is 6.90. The maximum Gasteiger partial charge on any atom is 0.0478 e. The van der Waals surface area contributed by atoms with E-state index in [2.05, 4.69) is 70.9 Å². The van der Waals surface area contributed by atoms with Crippen molar-refractivity contribution in [2.45, 2.75) is 64.5 Å². The van der Waals surface area contributed by atoms with Crippen molar-refractivity contribution in [3.8, 4) is 0 Å². The average Bonchev–Trinajstić information content (AvgIpc) is 2.58. The fourth-order valence-corrected chi connectivity index (χ4v) is 4.88. The summed E-state index contributed by atoms with van der Waals surface area (Å²) >= 11 is 2.43. The van der Waals surface area contributed by atoms with Crippen molar-refractivity contribution in [3.05, 3.63) is 27.8 Å². The van der Waals surface area contributed by atoms with Crippen LogP contribution in [0.2, 0.25) is 0 Å². The van der Waals surface area contributed by atoms with Gasteiger partial charge in [-0.3, -0.25) is 0 Å². The van der Waals surface area contributed by atoms with Crippen LogP contribution < -0.4 is 5.32 Å². The first-order chi connectivity index (χ1) is 11.1. The van der Waals surface area contributed by atoms with Crippen LogP contribution in [0.5, 0.6) is 0 Å². The van der Waals surface area contributed by atoms with Crippen LogP contribution in [0.15, 0.2) is 24.3 Å². The molecule has 1 saturated heterocycles. The lowest BCUT2D eigenvalue weighted by Gasteiger charge is -2.41. The molecule has 1 aromatic rings. The van der Waals surface area contributed by atoms with Gasteiger partial charge >= 0.3 is 0 Å². The van der Waals surface area contributed by atoms with Gasteiger partial charge in [0.1, 0.15) is 0 Å². The van der Waals surface area contributed by atoms with E-state index in [1.54, 1.807) is 0 Å². The fraction of sp³-hybridized carbons (Fsp3) is 0.700. The summed E-state index contributed by atoms with van der Waals surface area (Å²) in [5.74, 6) is 1.85. The Labute approximate surface area is 155 Å². The van der Waals surface area contributed by atoms with Crippen molar-refractivity contribution in [1.29, 1.82) is 0 Å². The van der Waals surface area contributed by atoms with Gasteiger partial charge < -0.3 is 10.2 Å². The Morgan fingerprint density at radius 3 is 2.26 bits per heavy atom. The molecular formula is C20H31IN2. The van der Waals surface area contributed by atoms with Gasteiger partial charge in [-0.25, -0.2) is 0 Å². The van der Waals surface area contributed by atoms with E-state index >= 15 is 0 Å². The van der Waals surface area contributed by atoms with E-state index in [0.717, 1.165) is 17.9 Å². The smallest absolute Gasteiger partial charge is 0.0478 e. The number of halogens is 1. The summed E-state index contributed by atoms with van der Waals surface area (Å²) in [6, 6.07) is 10.2. The minimum atomic E-state index is 0.647. The highest BCUT2D eigenvalue weighted by molar-refractivity contribution is 14.1. The molecule has 0 aromatic heterocycles. The molecule has 0 unspecified atom stereocenters. The number of nitrogens with zero attached hydrogens (tertiary/aromatic N) is 1. The fourth-order valence-electron chi connectivity index (χ4n) is 4.34. The van der Waals surface area contributed by atoms with Gasteiger partial charge in [0.15, 0.2) is 0 Å². The molecule has 3 rings (SSSR count). The van der Waals surface area contributed by atoms with Crippen LogP contribution in [0, 0.1) is 15.4 Å². The predicted molar refractivity (Wildman–Crippen MR) is 108 cm³/mol. The van der Waals surface area contributed by atoms with Crippen molar-refractivity contribution < 1.29 is 0 Å². The van der Waals surface area contributed by atoms with E-state index in [0.29, 0.717) is 6.04 Å². The van der Waals surface area contributed by atoms with E-state index in [9.17, 15) is 0 Å². The highest BCUT2D eigenvalue weighted by atomic mass is 127. The van der Waals surface area contributed by atoms with Gasteiger partial charge in [0.05, 0.1) is 0 Å². The second-order valence-corrected chi connectivity index (χ2v) is 8.91. The number of likely N-dealkylation sites (tertiary alicyclic amines) is 1. The molecule has 1 N–H and O–H groups in total. The lowest BCUT2D eigenvalue weighted by Crippen LogP contribution is -2.46. The molecule has 2 nitrogen and oxygen atoms in total. The Kier molecular flexibility index (Phi) is 6.25. The first-order valence-electron chi connectivity index (χ1n) is 9.38. The number of nitrogens with one attached hydrogen (secondary N) is 1. The van der Waals surface area contributed by atoms with E-state index in [1.165, 1.54) is 60.9 Å². The van der Waals surface area contributed by atoms with Crippen LogP contribution in [-0.2, 0) is 0 Å². The third-order valence-electron chi connectivity index (χ3n) is 5.96. The number of anilines is 1. The average molecular weight is 426 g/mol. The van der Waals surface area contributed by atoms with Gasteiger partial charge in [-0.05, 0) is 85.1 Å². The van der Waals surface area contributed by atoms with E-state index in [-0.39, 0.29) is 0 Å². The number of hydrogen-bond donors (Lipinski definition) is 1. The number of hydrogen-bond acceptors (Lipinski definition) is 2. The normalized spacial score (nSPS) is 27.3. The molecule has 1 aliphatic heterocycles. The van der Waals surface area contributed by atoms with Gasteiger partial charge in [0.2, 0.25) is 0 Å². The molecule has 1 heterocycles. The summed E-state index contributed by atoms with van der Waals surface area (Å²) in [6.07, 6.45) is 8.32. The minimum absolute atomic E-state index is 0.647. The molecule has 0 spiro atoms. The van der Waals surface area contributed by atoms with E-state index in [4.69, 9.17) is 0 Å². The number of piperidine rings is 1. The Hall–Kier alpha value is -0.290. The van der Waals surface area contributed by atoms with Crippen molar-refractivity contribution in [2.75, 3.05) is 18.4 Å².